The summed E-state index contributed by atoms with van der Waals surface area (Å²) in [5, 5.41) is 4.28. The third kappa shape index (κ3) is 3.13. The monoisotopic (exact) mass is 316 g/mol. The third-order valence-electron chi connectivity index (χ3n) is 3.99. The zero-order valence-electron chi connectivity index (χ0n) is 13.4. The van der Waals surface area contributed by atoms with E-state index >= 15 is 0 Å². The Morgan fingerprint density at radius 1 is 1.22 bits per heavy atom. The van der Waals surface area contributed by atoms with Crippen LogP contribution in [0.4, 0.5) is 5.69 Å². The van der Waals surface area contributed by atoms with Crippen LogP contribution in [-0.4, -0.2) is 42.1 Å². The Balaban J connectivity index is 1.87. The van der Waals surface area contributed by atoms with Gasteiger partial charge >= 0.3 is 0 Å². The molecule has 1 aliphatic heterocycles. The fraction of sp³-hybridized carbons (Fsp3) is 0.438. The van der Waals surface area contributed by atoms with Crippen LogP contribution in [0.2, 0.25) is 0 Å². The maximum Gasteiger partial charge on any atom is 0.269 e. The lowest BCUT2D eigenvalue weighted by Crippen LogP contribution is -2.27. The van der Waals surface area contributed by atoms with Gasteiger partial charge in [-0.05, 0) is 12.8 Å². The zero-order valence-corrected chi connectivity index (χ0v) is 13.4. The molecule has 1 aliphatic rings. The average Bonchev–Trinajstić information content (AvgIpc) is 3.11. The Labute approximate surface area is 134 Å². The van der Waals surface area contributed by atoms with Crippen LogP contribution in [0.3, 0.4) is 0 Å². The number of nitrogens with zero attached hydrogens (tertiary/aromatic N) is 4. The van der Waals surface area contributed by atoms with Crippen molar-refractivity contribution in [2.75, 3.05) is 32.2 Å². The summed E-state index contributed by atoms with van der Waals surface area (Å²) in [7, 11) is 3.12. The summed E-state index contributed by atoms with van der Waals surface area (Å²) in [6.45, 7) is 2.20. The third-order valence-corrected chi connectivity index (χ3v) is 3.99. The second-order valence-electron chi connectivity index (χ2n) is 5.40. The van der Waals surface area contributed by atoms with E-state index in [1.54, 1.807) is 38.7 Å². The van der Waals surface area contributed by atoms with Crippen molar-refractivity contribution in [1.82, 2.24) is 14.8 Å². The quantitative estimate of drug-likeness (QED) is 0.828. The molecule has 122 valence electrons. The van der Waals surface area contributed by atoms with Gasteiger partial charge in [-0.3, -0.25) is 9.78 Å². The molecule has 0 amide bonds. The highest BCUT2D eigenvalue weighted by Crippen LogP contribution is 2.29. The molecule has 0 bridgehead atoms. The molecule has 0 aromatic carbocycles. The lowest BCUT2D eigenvalue weighted by Gasteiger charge is -2.17. The lowest BCUT2D eigenvalue weighted by molar-refractivity contribution is 0.347. The molecule has 0 unspecified atom stereocenters. The van der Waals surface area contributed by atoms with Gasteiger partial charge in [0.15, 0.2) is 11.5 Å². The second kappa shape index (κ2) is 6.68. The van der Waals surface area contributed by atoms with Gasteiger partial charge in [-0.25, -0.2) is 4.68 Å². The van der Waals surface area contributed by atoms with Gasteiger partial charge < -0.3 is 14.4 Å². The van der Waals surface area contributed by atoms with Gasteiger partial charge in [-0.15, -0.1) is 0 Å². The molecule has 0 N–H and O–H groups in total. The fourth-order valence-corrected chi connectivity index (χ4v) is 2.80. The lowest BCUT2D eigenvalue weighted by atomic mass is 10.3. The van der Waals surface area contributed by atoms with Crippen molar-refractivity contribution >= 4 is 5.69 Å². The van der Waals surface area contributed by atoms with Gasteiger partial charge in [0.1, 0.15) is 5.69 Å². The van der Waals surface area contributed by atoms with Gasteiger partial charge in [0.05, 0.1) is 32.6 Å². The SMILES string of the molecule is COc1ccnc(Cn2ncc(N3CCCC3)cc2=O)c1OC. The number of anilines is 1. The molecule has 0 spiro atoms. The Morgan fingerprint density at radius 3 is 2.65 bits per heavy atom. The number of hydrogen-bond donors (Lipinski definition) is 0. The summed E-state index contributed by atoms with van der Waals surface area (Å²) in [5.41, 5.74) is 1.34. The largest absolute Gasteiger partial charge is 0.493 e. The van der Waals surface area contributed by atoms with Crippen molar-refractivity contribution < 1.29 is 9.47 Å². The maximum atomic E-state index is 12.3. The van der Waals surface area contributed by atoms with E-state index in [0.29, 0.717) is 17.2 Å². The molecule has 0 aliphatic carbocycles. The summed E-state index contributed by atoms with van der Waals surface area (Å²) >= 11 is 0. The van der Waals surface area contributed by atoms with Gasteiger partial charge in [-0.1, -0.05) is 0 Å². The smallest absolute Gasteiger partial charge is 0.269 e. The summed E-state index contributed by atoms with van der Waals surface area (Å²) < 4.78 is 12.0. The molecular weight excluding hydrogens is 296 g/mol. The van der Waals surface area contributed by atoms with Gasteiger partial charge in [-0.2, -0.15) is 5.10 Å². The van der Waals surface area contributed by atoms with Crippen molar-refractivity contribution in [2.45, 2.75) is 19.4 Å². The van der Waals surface area contributed by atoms with E-state index in [0.717, 1.165) is 31.6 Å². The first kappa shape index (κ1) is 15.3. The zero-order chi connectivity index (χ0) is 16.2. The molecule has 2 aromatic heterocycles. The summed E-state index contributed by atoms with van der Waals surface area (Å²) in [4.78, 5) is 18.8. The van der Waals surface area contributed by atoms with Crippen LogP contribution in [0.25, 0.3) is 0 Å². The summed E-state index contributed by atoms with van der Waals surface area (Å²) in [5.74, 6) is 1.10. The van der Waals surface area contributed by atoms with Crippen molar-refractivity contribution in [1.29, 1.82) is 0 Å². The number of ether oxygens (including phenoxy) is 2. The van der Waals surface area contributed by atoms with Crippen molar-refractivity contribution in [3.63, 3.8) is 0 Å². The second-order valence-corrected chi connectivity index (χ2v) is 5.40. The van der Waals surface area contributed by atoms with Crippen LogP contribution in [0.1, 0.15) is 18.5 Å². The molecule has 7 nitrogen and oxygen atoms in total. The molecule has 1 saturated heterocycles. The predicted molar refractivity (Wildman–Crippen MR) is 86.4 cm³/mol. The van der Waals surface area contributed by atoms with Crippen molar-refractivity contribution in [3.8, 4) is 11.5 Å². The van der Waals surface area contributed by atoms with Crippen LogP contribution in [0.5, 0.6) is 11.5 Å². The Kier molecular flexibility index (Phi) is 4.45. The predicted octanol–water partition coefficient (Wildman–Crippen LogP) is 1.30. The summed E-state index contributed by atoms with van der Waals surface area (Å²) in [6.07, 6.45) is 5.68. The normalized spacial score (nSPS) is 14.1. The molecule has 7 heteroatoms. The maximum absolute atomic E-state index is 12.3. The first-order valence-corrected chi connectivity index (χ1v) is 7.61. The number of aromatic nitrogens is 3. The fourth-order valence-electron chi connectivity index (χ4n) is 2.80. The highest BCUT2D eigenvalue weighted by molar-refractivity contribution is 5.44. The highest BCUT2D eigenvalue weighted by atomic mass is 16.5. The van der Waals surface area contributed by atoms with Crippen LogP contribution in [-0.2, 0) is 6.54 Å². The van der Waals surface area contributed by atoms with Gasteiger partial charge in [0.25, 0.3) is 5.56 Å². The van der Waals surface area contributed by atoms with E-state index in [9.17, 15) is 4.79 Å². The first-order chi connectivity index (χ1) is 11.2. The topological polar surface area (TPSA) is 69.5 Å². The molecule has 3 heterocycles. The van der Waals surface area contributed by atoms with E-state index in [2.05, 4.69) is 15.0 Å². The summed E-state index contributed by atoms with van der Waals surface area (Å²) in [6, 6.07) is 3.35. The minimum atomic E-state index is -0.152. The molecule has 1 fully saturated rings. The molecule has 3 rings (SSSR count). The first-order valence-electron chi connectivity index (χ1n) is 7.61. The van der Waals surface area contributed by atoms with Crippen molar-refractivity contribution in [3.05, 3.63) is 40.6 Å². The van der Waals surface area contributed by atoms with E-state index in [1.807, 2.05) is 0 Å². The standard InChI is InChI=1S/C16H20N4O3/c1-22-14-5-6-17-13(16(14)23-2)11-20-15(21)9-12(10-18-20)19-7-3-4-8-19/h5-6,9-10H,3-4,7-8,11H2,1-2H3. The van der Waals surface area contributed by atoms with Crippen LogP contribution in [0.15, 0.2) is 29.3 Å². The van der Waals surface area contributed by atoms with Crippen LogP contribution in [0, 0.1) is 0 Å². The van der Waals surface area contributed by atoms with E-state index < -0.39 is 0 Å². The minimum absolute atomic E-state index is 0.152. The Morgan fingerprint density at radius 2 is 2.00 bits per heavy atom. The molecule has 2 aromatic rings. The average molecular weight is 316 g/mol. The van der Waals surface area contributed by atoms with Gasteiger partial charge in [0.2, 0.25) is 0 Å². The van der Waals surface area contributed by atoms with E-state index in [4.69, 9.17) is 9.47 Å². The highest BCUT2D eigenvalue weighted by Gasteiger charge is 2.16. The molecule has 0 radical (unpaired) electrons. The number of pyridine rings is 1. The van der Waals surface area contributed by atoms with E-state index in [1.165, 1.54) is 4.68 Å². The number of rotatable bonds is 5. The number of hydrogen-bond acceptors (Lipinski definition) is 6. The Bertz CT molecular complexity index is 738. The van der Waals surface area contributed by atoms with Gasteiger partial charge in [0, 0.05) is 31.4 Å². The molecule has 0 atom stereocenters. The molecule has 23 heavy (non-hydrogen) atoms. The molecule has 0 saturated carbocycles. The van der Waals surface area contributed by atoms with Crippen LogP contribution >= 0.6 is 0 Å². The van der Waals surface area contributed by atoms with Crippen molar-refractivity contribution in [2.24, 2.45) is 0 Å². The number of methoxy groups -OCH3 is 2. The minimum Gasteiger partial charge on any atom is -0.493 e. The van der Waals surface area contributed by atoms with Crippen LogP contribution < -0.4 is 19.9 Å². The molecular formula is C16H20N4O3. The van der Waals surface area contributed by atoms with E-state index in [-0.39, 0.29) is 12.1 Å². The Hall–Kier alpha value is -2.57.